The molecule has 6 heteroatoms. The maximum absolute atomic E-state index is 12.2. The Morgan fingerprint density at radius 2 is 1.96 bits per heavy atom. The molecule has 0 aliphatic heterocycles. The Kier molecular flexibility index (Phi) is 4.56. The minimum atomic E-state index is -0.340. The zero-order valence-corrected chi connectivity index (χ0v) is 13.2. The maximum atomic E-state index is 12.2. The molecular weight excluding hydrogens is 306 g/mol. The van der Waals surface area contributed by atoms with Gasteiger partial charge in [-0.05, 0) is 30.7 Å². The van der Waals surface area contributed by atoms with E-state index in [1.165, 1.54) is 12.3 Å². The fourth-order valence-electron chi connectivity index (χ4n) is 2.37. The lowest BCUT2D eigenvalue weighted by Gasteiger charge is -2.14. The van der Waals surface area contributed by atoms with Gasteiger partial charge >= 0.3 is 0 Å². The number of amides is 1. The molecule has 0 fully saturated rings. The summed E-state index contributed by atoms with van der Waals surface area (Å²) in [4.78, 5) is 24.1. The van der Waals surface area contributed by atoms with Gasteiger partial charge in [0.1, 0.15) is 12.2 Å². The van der Waals surface area contributed by atoms with Crippen LogP contribution >= 0.6 is 0 Å². The van der Waals surface area contributed by atoms with E-state index in [-0.39, 0.29) is 24.1 Å². The molecule has 1 N–H and O–H groups in total. The lowest BCUT2D eigenvalue weighted by atomic mass is 10.1. The van der Waals surface area contributed by atoms with Gasteiger partial charge < -0.3 is 9.73 Å². The van der Waals surface area contributed by atoms with Gasteiger partial charge in [-0.3, -0.25) is 9.59 Å². The van der Waals surface area contributed by atoms with Crippen LogP contribution in [0.4, 0.5) is 0 Å². The summed E-state index contributed by atoms with van der Waals surface area (Å²) < 4.78 is 6.39. The monoisotopic (exact) mass is 323 g/mol. The van der Waals surface area contributed by atoms with Crippen molar-refractivity contribution in [2.24, 2.45) is 0 Å². The lowest BCUT2D eigenvalue weighted by molar-refractivity contribution is -0.122. The van der Waals surface area contributed by atoms with E-state index in [9.17, 15) is 9.59 Å². The normalized spacial score (nSPS) is 11.9. The highest BCUT2D eigenvalue weighted by atomic mass is 16.3. The zero-order chi connectivity index (χ0) is 16.9. The minimum absolute atomic E-state index is 0.148. The number of hydrogen-bond acceptors (Lipinski definition) is 4. The predicted molar refractivity (Wildman–Crippen MR) is 89.2 cm³/mol. The fraction of sp³-hybridized carbons (Fsp3) is 0.167. The van der Waals surface area contributed by atoms with Gasteiger partial charge in [0, 0.05) is 6.07 Å². The summed E-state index contributed by atoms with van der Waals surface area (Å²) >= 11 is 0. The highest BCUT2D eigenvalue weighted by molar-refractivity contribution is 5.76. The molecule has 0 saturated heterocycles. The van der Waals surface area contributed by atoms with Crippen LogP contribution in [0.15, 0.2) is 70.1 Å². The lowest BCUT2D eigenvalue weighted by Crippen LogP contribution is -2.34. The topological polar surface area (TPSA) is 77.1 Å². The molecule has 2 heterocycles. The number of nitrogens with one attached hydrogen (secondary N) is 1. The number of hydrogen-bond donors (Lipinski definition) is 1. The number of furan rings is 1. The molecule has 1 aromatic carbocycles. The Balaban J connectivity index is 1.72. The van der Waals surface area contributed by atoms with Crippen molar-refractivity contribution in [2.45, 2.75) is 19.5 Å². The molecule has 0 bridgehead atoms. The van der Waals surface area contributed by atoms with E-state index in [4.69, 9.17) is 4.42 Å². The maximum Gasteiger partial charge on any atom is 0.267 e. The van der Waals surface area contributed by atoms with E-state index in [1.807, 2.05) is 37.3 Å². The first kappa shape index (κ1) is 15.7. The van der Waals surface area contributed by atoms with Crippen LogP contribution in [-0.4, -0.2) is 15.7 Å². The van der Waals surface area contributed by atoms with Crippen LogP contribution in [0, 0.1) is 0 Å². The van der Waals surface area contributed by atoms with Crippen LogP contribution < -0.4 is 10.9 Å². The minimum Gasteiger partial charge on any atom is -0.463 e. The highest BCUT2D eigenvalue weighted by Crippen LogP contribution is 2.15. The molecule has 3 aromatic rings. The third-order valence-electron chi connectivity index (χ3n) is 3.61. The average Bonchev–Trinajstić information content (AvgIpc) is 3.12. The Morgan fingerprint density at radius 3 is 2.67 bits per heavy atom. The third-order valence-corrected chi connectivity index (χ3v) is 3.61. The van der Waals surface area contributed by atoms with Crippen molar-refractivity contribution in [2.75, 3.05) is 0 Å². The van der Waals surface area contributed by atoms with Crippen molar-refractivity contribution >= 4 is 5.91 Å². The molecule has 3 rings (SSSR count). The summed E-state index contributed by atoms with van der Waals surface area (Å²) in [6, 6.07) is 15.9. The van der Waals surface area contributed by atoms with Crippen LogP contribution in [0.5, 0.6) is 0 Å². The van der Waals surface area contributed by atoms with E-state index in [0.717, 1.165) is 10.2 Å². The largest absolute Gasteiger partial charge is 0.463 e. The second-order valence-corrected chi connectivity index (χ2v) is 5.39. The van der Waals surface area contributed by atoms with Crippen molar-refractivity contribution in [3.05, 3.63) is 76.8 Å². The summed E-state index contributed by atoms with van der Waals surface area (Å²) in [7, 11) is 0. The molecule has 2 aromatic heterocycles. The van der Waals surface area contributed by atoms with Crippen molar-refractivity contribution < 1.29 is 9.21 Å². The first-order valence-corrected chi connectivity index (χ1v) is 7.60. The van der Waals surface area contributed by atoms with Crippen LogP contribution in [-0.2, 0) is 11.3 Å². The predicted octanol–water partition coefficient (Wildman–Crippen LogP) is 2.38. The zero-order valence-electron chi connectivity index (χ0n) is 13.2. The molecular formula is C18H17N3O3. The number of carbonyl (C=O) groups excluding carboxylic acids is 1. The highest BCUT2D eigenvalue weighted by Gasteiger charge is 2.12. The Hall–Kier alpha value is -3.15. The van der Waals surface area contributed by atoms with Gasteiger partial charge in [0.25, 0.3) is 5.56 Å². The van der Waals surface area contributed by atoms with Gasteiger partial charge in [-0.2, -0.15) is 5.10 Å². The van der Waals surface area contributed by atoms with E-state index < -0.39 is 0 Å². The number of nitrogens with zero attached hydrogens (tertiary/aromatic N) is 2. The van der Waals surface area contributed by atoms with Gasteiger partial charge in [-0.1, -0.05) is 30.3 Å². The van der Waals surface area contributed by atoms with E-state index in [1.54, 1.807) is 18.2 Å². The second kappa shape index (κ2) is 6.95. The van der Waals surface area contributed by atoms with E-state index >= 15 is 0 Å². The number of aromatic nitrogens is 2. The van der Waals surface area contributed by atoms with Gasteiger partial charge in [0.15, 0.2) is 5.76 Å². The Morgan fingerprint density at radius 1 is 1.17 bits per heavy atom. The van der Waals surface area contributed by atoms with Gasteiger partial charge in [-0.15, -0.1) is 0 Å². The molecule has 0 aliphatic carbocycles. The smallest absolute Gasteiger partial charge is 0.267 e. The van der Waals surface area contributed by atoms with Gasteiger partial charge in [0.2, 0.25) is 5.91 Å². The molecule has 0 aliphatic rings. The number of benzene rings is 1. The molecule has 1 amide bonds. The molecule has 1 atom stereocenters. The quantitative estimate of drug-likeness (QED) is 0.782. The molecule has 0 spiro atoms. The summed E-state index contributed by atoms with van der Waals surface area (Å²) in [5.41, 5.74) is 1.16. The Labute approximate surface area is 138 Å². The molecule has 122 valence electrons. The molecule has 6 nitrogen and oxygen atoms in total. The molecule has 24 heavy (non-hydrogen) atoms. The third kappa shape index (κ3) is 3.60. The summed E-state index contributed by atoms with van der Waals surface area (Å²) in [5, 5.41) is 7.05. The average molecular weight is 323 g/mol. The van der Waals surface area contributed by atoms with Gasteiger partial charge in [0.05, 0.1) is 12.3 Å². The fourth-order valence-corrected chi connectivity index (χ4v) is 2.37. The second-order valence-electron chi connectivity index (χ2n) is 5.39. The summed E-state index contributed by atoms with van der Waals surface area (Å²) in [6.07, 6.45) is 1.53. The van der Waals surface area contributed by atoms with Crippen LogP contribution in [0.3, 0.4) is 0 Å². The van der Waals surface area contributed by atoms with Crippen LogP contribution in [0.25, 0.3) is 11.5 Å². The van der Waals surface area contributed by atoms with Crippen molar-refractivity contribution in [1.82, 2.24) is 15.1 Å². The summed E-state index contributed by atoms with van der Waals surface area (Å²) in [6.45, 7) is 1.74. The number of carbonyl (C=O) groups is 1. The first-order chi connectivity index (χ1) is 11.6. The van der Waals surface area contributed by atoms with Crippen molar-refractivity contribution in [3.63, 3.8) is 0 Å². The molecule has 0 unspecified atom stereocenters. The van der Waals surface area contributed by atoms with Gasteiger partial charge in [-0.25, -0.2) is 4.68 Å². The molecule has 0 saturated carbocycles. The van der Waals surface area contributed by atoms with Crippen LogP contribution in [0.2, 0.25) is 0 Å². The molecule has 0 radical (unpaired) electrons. The SMILES string of the molecule is C[C@@H](NC(=O)Cn1nc(-c2ccco2)ccc1=O)c1ccccc1. The number of rotatable bonds is 5. The van der Waals surface area contributed by atoms with E-state index in [2.05, 4.69) is 10.4 Å². The van der Waals surface area contributed by atoms with Crippen molar-refractivity contribution in [3.8, 4) is 11.5 Å². The van der Waals surface area contributed by atoms with Crippen molar-refractivity contribution in [1.29, 1.82) is 0 Å². The first-order valence-electron chi connectivity index (χ1n) is 7.60. The standard InChI is InChI=1S/C18H17N3O3/c1-13(14-6-3-2-4-7-14)19-17(22)12-21-18(23)10-9-15(20-21)16-8-5-11-24-16/h2-11,13H,12H2,1H3,(H,19,22)/t13-/m1/s1. The Bertz CT molecular complexity index is 870. The van der Waals surface area contributed by atoms with Crippen LogP contribution in [0.1, 0.15) is 18.5 Å². The summed E-state index contributed by atoms with van der Waals surface area (Å²) in [5.74, 6) is 0.263. The van der Waals surface area contributed by atoms with E-state index in [0.29, 0.717) is 11.5 Å².